The number of aromatic nitrogens is 1. The van der Waals surface area contributed by atoms with Crippen molar-refractivity contribution in [1.29, 1.82) is 0 Å². The second-order valence-electron chi connectivity index (χ2n) is 13.4. The third-order valence-corrected chi connectivity index (χ3v) is 10.9. The lowest BCUT2D eigenvalue weighted by molar-refractivity contribution is -0.257. The number of carbonyl (C=O) groups is 2. The smallest absolute Gasteiger partial charge is 0.345 e. The lowest BCUT2D eigenvalue weighted by Gasteiger charge is -2.66. The van der Waals surface area contributed by atoms with Crippen molar-refractivity contribution in [3.8, 4) is 17.1 Å². The molecule has 2 saturated carbocycles. The van der Waals surface area contributed by atoms with Crippen LogP contribution in [0.15, 0.2) is 67.4 Å². The Morgan fingerprint density at radius 3 is 2.60 bits per heavy atom. The normalized spacial score (nSPS) is 33.5. The van der Waals surface area contributed by atoms with Crippen LogP contribution in [-0.2, 0) is 14.3 Å². The Morgan fingerprint density at radius 1 is 1.16 bits per heavy atom. The zero-order chi connectivity index (χ0) is 32.3. The van der Waals surface area contributed by atoms with Crippen LogP contribution in [0.3, 0.4) is 0 Å². The summed E-state index contributed by atoms with van der Waals surface area (Å²) in [4.78, 5) is 54.7. The lowest BCUT2D eigenvalue weighted by atomic mass is 9.41. The van der Waals surface area contributed by atoms with E-state index in [4.69, 9.17) is 23.0 Å². The molecule has 0 aromatic carbocycles. The van der Waals surface area contributed by atoms with E-state index >= 15 is 0 Å². The minimum absolute atomic E-state index is 0.00205. The number of pyridine rings is 1. The van der Waals surface area contributed by atoms with E-state index in [-0.39, 0.29) is 41.1 Å². The second-order valence-corrected chi connectivity index (χ2v) is 13.4. The Balaban J connectivity index is 1.49. The largest absolute Gasteiger partial charge is 0.482 e. The van der Waals surface area contributed by atoms with E-state index in [0.29, 0.717) is 18.4 Å². The Kier molecular flexibility index (Phi) is 7.50. The van der Waals surface area contributed by atoms with Gasteiger partial charge in [-0.05, 0) is 61.6 Å². The van der Waals surface area contributed by atoms with Crippen molar-refractivity contribution < 1.29 is 37.7 Å². The minimum Gasteiger partial charge on any atom is -0.482 e. The number of aliphatic hydroxyl groups is 1. The summed E-state index contributed by atoms with van der Waals surface area (Å²) in [6, 6.07) is 7.47. The molecule has 0 saturated heterocycles. The van der Waals surface area contributed by atoms with Gasteiger partial charge in [0.15, 0.2) is 0 Å². The van der Waals surface area contributed by atoms with Crippen molar-refractivity contribution in [2.75, 3.05) is 6.61 Å². The van der Waals surface area contributed by atoms with E-state index < -0.39 is 57.7 Å². The van der Waals surface area contributed by atoms with Crippen LogP contribution >= 0.6 is 0 Å². The van der Waals surface area contributed by atoms with Gasteiger partial charge in [0.2, 0.25) is 0 Å². The molecule has 1 aliphatic heterocycles. The molecule has 2 unspecified atom stereocenters. The summed E-state index contributed by atoms with van der Waals surface area (Å²) in [5, 5.41) is 12.2. The summed E-state index contributed by atoms with van der Waals surface area (Å²) in [6.07, 6.45) is 3.74. The molecule has 45 heavy (non-hydrogen) atoms. The summed E-state index contributed by atoms with van der Waals surface area (Å²) in [5.74, 6) is -1.60. The van der Waals surface area contributed by atoms with Gasteiger partial charge >= 0.3 is 23.2 Å². The molecule has 2 fully saturated rings. The molecule has 0 bridgehead atoms. The molecule has 4 heterocycles. The van der Waals surface area contributed by atoms with Crippen molar-refractivity contribution in [1.82, 2.24) is 4.98 Å². The summed E-state index contributed by atoms with van der Waals surface area (Å²) in [6.45, 7) is 9.56. The zero-order valence-corrected chi connectivity index (χ0v) is 25.9. The highest BCUT2D eigenvalue weighted by Crippen LogP contribution is 2.68. The molecule has 0 amide bonds. The standard InChI is InChI=1S/C34H37NO10/c1-18-10-11-32(3)24(33(18,4)17-42-19(2)36)14-25(44-30(39)21-8-9-26(37)41-16-21)34(5)29(32)28(38)27-23(45-34)13-22(43-31(27)40)20-7-6-12-35-15-20/h6-9,12-13,15-16,18,24-25,28-29,38H,10-11,14,17H2,1-5H3/t18-,24?,25-,28-,29?,32-,33+,34+/m0/s1. The summed E-state index contributed by atoms with van der Waals surface area (Å²) >= 11 is 0. The summed E-state index contributed by atoms with van der Waals surface area (Å²) in [7, 11) is 0. The van der Waals surface area contributed by atoms with Crippen LogP contribution in [0, 0.1) is 28.6 Å². The maximum Gasteiger partial charge on any atom is 0.345 e. The lowest BCUT2D eigenvalue weighted by Crippen LogP contribution is -2.70. The van der Waals surface area contributed by atoms with Crippen molar-refractivity contribution in [2.45, 2.75) is 71.7 Å². The third-order valence-electron chi connectivity index (χ3n) is 10.9. The average Bonchev–Trinajstić information content (AvgIpc) is 2.99. The van der Waals surface area contributed by atoms with E-state index in [0.717, 1.165) is 18.8 Å². The van der Waals surface area contributed by atoms with E-state index in [9.17, 15) is 24.3 Å². The molecule has 3 aromatic rings. The molecule has 11 heteroatoms. The fourth-order valence-corrected chi connectivity index (χ4v) is 8.37. The van der Waals surface area contributed by atoms with E-state index in [1.807, 2.05) is 0 Å². The second kappa shape index (κ2) is 11.0. The molecule has 1 N–H and O–H groups in total. The van der Waals surface area contributed by atoms with Gasteiger partial charge in [-0.1, -0.05) is 20.8 Å². The number of rotatable bonds is 5. The molecule has 0 radical (unpaired) electrons. The molecule has 6 rings (SSSR count). The quantitative estimate of drug-likeness (QED) is 0.395. The van der Waals surface area contributed by atoms with E-state index in [1.54, 1.807) is 37.5 Å². The maximum absolute atomic E-state index is 13.5. The zero-order valence-electron chi connectivity index (χ0n) is 25.9. The molecule has 0 spiro atoms. The van der Waals surface area contributed by atoms with Crippen LogP contribution in [0.25, 0.3) is 11.3 Å². The first kappa shape index (κ1) is 30.8. The van der Waals surface area contributed by atoms with Gasteiger partial charge in [-0.25, -0.2) is 14.4 Å². The average molecular weight is 620 g/mol. The molecule has 3 aliphatic rings. The fourth-order valence-electron chi connectivity index (χ4n) is 8.37. The molecule has 11 nitrogen and oxygen atoms in total. The first-order chi connectivity index (χ1) is 21.3. The van der Waals surface area contributed by atoms with Crippen molar-refractivity contribution in [3.63, 3.8) is 0 Å². The number of hydrogen-bond acceptors (Lipinski definition) is 11. The van der Waals surface area contributed by atoms with Gasteiger partial charge in [0.25, 0.3) is 0 Å². The number of ether oxygens (including phenoxy) is 3. The van der Waals surface area contributed by atoms with Crippen molar-refractivity contribution in [3.05, 3.63) is 81.0 Å². The first-order valence-corrected chi connectivity index (χ1v) is 15.2. The number of nitrogens with zero attached hydrogens (tertiary/aromatic N) is 1. The van der Waals surface area contributed by atoms with Gasteiger partial charge in [0.05, 0.1) is 18.3 Å². The monoisotopic (exact) mass is 619 g/mol. The van der Waals surface area contributed by atoms with E-state index in [2.05, 4.69) is 25.8 Å². The van der Waals surface area contributed by atoms with E-state index in [1.165, 1.54) is 13.0 Å². The Labute approximate surface area is 259 Å². The Morgan fingerprint density at radius 2 is 1.93 bits per heavy atom. The number of esters is 2. The van der Waals surface area contributed by atoms with Gasteiger partial charge in [-0.3, -0.25) is 9.78 Å². The minimum atomic E-state index is -1.33. The van der Waals surface area contributed by atoms with Crippen LogP contribution in [0.1, 0.15) is 75.9 Å². The molecular formula is C34H37NO10. The van der Waals surface area contributed by atoms with Gasteiger partial charge in [0, 0.05) is 48.3 Å². The number of aliphatic hydroxyl groups excluding tert-OH is 1. The molecule has 238 valence electrons. The Bertz CT molecular complexity index is 1730. The maximum atomic E-state index is 13.5. The van der Waals surface area contributed by atoms with Crippen LogP contribution in [0.2, 0.25) is 0 Å². The number of carbonyl (C=O) groups excluding carboxylic acids is 2. The topological polar surface area (TPSA) is 155 Å². The van der Waals surface area contributed by atoms with Crippen LogP contribution < -0.4 is 16.0 Å². The third kappa shape index (κ3) is 4.97. The predicted molar refractivity (Wildman–Crippen MR) is 159 cm³/mol. The first-order valence-electron chi connectivity index (χ1n) is 15.2. The molecule has 3 aromatic heterocycles. The highest BCUT2D eigenvalue weighted by molar-refractivity contribution is 5.89. The van der Waals surface area contributed by atoms with Gasteiger partial charge in [0.1, 0.15) is 35.0 Å². The summed E-state index contributed by atoms with van der Waals surface area (Å²) < 4.78 is 29.1. The Hall–Kier alpha value is -4.25. The van der Waals surface area contributed by atoms with Gasteiger partial charge in [-0.15, -0.1) is 0 Å². The molecule has 2 aliphatic carbocycles. The van der Waals surface area contributed by atoms with Crippen molar-refractivity contribution in [2.24, 2.45) is 28.6 Å². The van der Waals surface area contributed by atoms with Crippen LogP contribution in [0.5, 0.6) is 5.75 Å². The van der Waals surface area contributed by atoms with Gasteiger partial charge < -0.3 is 28.2 Å². The van der Waals surface area contributed by atoms with Crippen LogP contribution in [-0.4, -0.2) is 40.3 Å². The van der Waals surface area contributed by atoms with Gasteiger partial charge in [-0.2, -0.15) is 0 Å². The number of hydrogen-bond donors (Lipinski definition) is 1. The highest BCUT2D eigenvalue weighted by atomic mass is 16.6. The van der Waals surface area contributed by atoms with Crippen molar-refractivity contribution >= 4 is 11.9 Å². The fraction of sp³-hybridized carbons (Fsp3) is 0.500. The predicted octanol–water partition coefficient (Wildman–Crippen LogP) is 4.71. The number of fused-ring (bicyclic) bond motifs is 4. The highest BCUT2D eigenvalue weighted by Gasteiger charge is 2.70. The molecule has 8 atom stereocenters. The SMILES string of the molecule is CC(=O)OC[C@@]1(C)C2C[C@H](OC(=O)c3ccc(=O)oc3)[C@@]3(C)Oc4cc(-c5cccnc5)oc(=O)c4[C@H](O)C3[C@@]2(C)CC[C@@H]1C. The molecular weight excluding hydrogens is 582 g/mol. The summed E-state index contributed by atoms with van der Waals surface area (Å²) in [5.41, 5.74) is -3.24. The van der Waals surface area contributed by atoms with Crippen LogP contribution in [0.4, 0.5) is 0 Å².